The maximum Gasteiger partial charge on any atom is 1.00 e. The second-order valence-electron chi connectivity index (χ2n) is 3.66. The number of carboxylic acid groups (broad SMARTS) is 1. The van der Waals surface area contributed by atoms with E-state index < -0.39 is 42.0 Å². The molecule has 4 N–H and O–H groups in total. The first-order valence-corrected chi connectivity index (χ1v) is 4.69. The molecule has 0 amide bonds. The summed E-state index contributed by atoms with van der Waals surface area (Å²) in [7, 11) is 0. The standard InChI is InChI=1S/C8H12O10.Na/c1-3(10)7(15,5(12)4(11)2-9)8(6(13)14)16-18-17-8;/h4-5,9,11-12,15H,2H2,1H3,(H,13,14);/q;+1/p-1/t4-,5-,7+;/m1./s1. The number of aliphatic hydroxyl groups excluding tert-OH is 3. The Balaban J connectivity index is 0.00000324. The first-order chi connectivity index (χ1) is 8.24. The van der Waals surface area contributed by atoms with Gasteiger partial charge in [0.1, 0.15) is 18.2 Å². The summed E-state index contributed by atoms with van der Waals surface area (Å²) in [5.74, 6) is -6.65. The Hall–Kier alpha value is -0.140. The Kier molecular flexibility index (Phi) is 6.49. The van der Waals surface area contributed by atoms with Crippen LogP contribution in [-0.4, -0.2) is 62.4 Å². The van der Waals surface area contributed by atoms with Crippen molar-refractivity contribution < 1.29 is 79.5 Å². The van der Waals surface area contributed by atoms with Gasteiger partial charge >= 0.3 is 35.3 Å². The van der Waals surface area contributed by atoms with Gasteiger partial charge in [0.2, 0.25) is 5.60 Å². The van der Waals surface area contributed by atoms with Crippen LogP contribution in [0.2, 0.25) is 0 Å². The van der Waals surface area contributed by atoms with Crippen molar-refractivity contribution >= 4 is 11.8 Å². The van der Waals surface area contributed by atoms with Gasteiger partial charge in [-0.3, -0.25) is 4.79 Å². The van der Waals surface area contributed by atoms with E-state index in [0.717, 1.165) is 0 Å². The van der Waals surface area contributed by atoms with Gasteiger partial charge in [0.25, 0.3) is 0 Å². The molecule has 0 saturated carbocycles. The molecule has 104 valence electrons. The average Bonchev–Trinajstić information content (AvgIpc) is 2.24. The van der Waals surface area contributed by atoms with E-state index in [0.29, 0.717) is 6.92 Å². The molecule has 19 heavy (non-hydrogen) atoms. The van der Waals surface area contributed by atoms with Crippen LogP contribution in [0.1, 0.15) is 6.92 Å². The van der Waals surface area contributed by atoms with Crippen LogP contribution in [0.15, 0.2) is 0 Å². The van der Waals surface area contributed by atoms with Gasteiger partial charge in [-0.05, 0) is 6.92 Å². The molecule has 1 aliphatic rings. The van der Waals surface area contributed by atoms with Crippen molar-refractivity contribution in [2.24, 2.45) is 0 Å². The quantitative estimate of drug-likeness (QED) is 0.272. The summed E-state index contributed by atoms with van der Waals surface area (Å²) in [5, 5.41) is 51.9. The molecule has 11 heteroatoms. The Bertz CT molecular complexity index is 355. The van der Waals surface area contributed by atoms with E-state index >= 15 is 0 Å². The fourth-order valence-corrected chi connectivity index (χ4v) is 1.47. The van der Waals surface area contributed by atoms with Crippen LogP contribution in [0.3, 0.4) is 0 Å². The molecule has 1 saturated heterocycles. The molecule has 0 aromatic heterocycles. The van der Waals surface area contributed by atoms with Crippen LogP contribution in [0.5, 0.6) is 0 Å². The van der Waals surface area contributed by atoms with Crippen LogP contribution >= 0.6 is 0 Å². The first-order valence-electron chi connectivity index (χ1n) is 4.69. The van der Waals surface area contributed by atoms with Crippen LogP contribution in [0.25, 0.3) is 0 Å². The molecular weight excluding hydrogens is 279 g/mol. The number of aliphatic hydroxyl groups is 4. The fourth-order valence-electron chi connectivity index (χ4n) is 1.47. The third-order valence-corrected chi connectivity index (χ3v) is 2.59. The van der Waals surface area contributed by atoms with Crippen molar-refractivity contribution in [3.63, 3.8) is 0 Å². The molecule has 0 radical (unpaired) electrons. The number of Topliss-reactive ketones (excluding diaryl/α,β-unsaturated/α-hetero) is 1. The fraction of sp³-hybridized carbons (Fsp3) is 0.750. The van der Waals surface area contributed by atoms with E-state index in [2.05, 4.69) is 14.8 Å². The van der Waals surface area contributed by atoms with Gasteiger partial charge in [0, 0.05) is 0 Å². The summed E-state index contributed by atoms with van der Waals surface area (Å²) in [6.45, 7) is -0.343. The molecule has 0 bridgehead atoms. The number of aliphatic carboxylic acids is 1. The normalized spacial score (nSPS) is 23.2. The number of hydrogen-bond acceptors (Lipinski definition) is 10. The Morgan fingerprint density at radius 2 is 1.84 bits per heavy atom. The molecule has 0 spiro atoms. The maximum atomic E-state index is 11.4. The second kappa shape index (κ2) is 6.54. The molecule has 0 aromatic rings. The van der Waals surface area contributed by atoms with Crippen molar-refractivity contribution in [2.45, 2.75) is 30.5 Å². The minimum Gasteiger partial charge on any atom is -0.544 e. The van der Waals surface area contributed by atoms with Crippen molar-refractivity contribution in [1.82, 2.24) is 0 Å². The second-order valence-corrected chi connectivity index (χ2v) is 3.66. The van der Waals surface area contributed by atoms with E-state index in [-0.39, 0.29) is 29.6 Å². The van der Waals surface area contributed by atoms with E-state index in [4.69, 9.17) is 5.11 Å². The zero-order valence-corrected chi connectivity index (χ0v) is 12.1. The average molecular weight is 290 g/mol. The third-order valence-electron chi connectivity index (χ3n) is 2.59. The predicted molar refractivity (Wildman–Crippen MR) is 45.7 cm³/mol. The van der Waals surface area contributed by atoms with Gasteiger partial charge in [-0.1, -0.05) is 5.04 Å². The summed E-state index contributed by atoms with van der Waals surface area (Å²) in [6.07, 6.45) is -4.44. The molecule has 1 heterocycles. The van der Waals surface area contributed by atoms with E-state index in [9.17, 15) is 30.0 Å². The van der Waals surface area contributed by atoms with Crippen molar-refractivity contribution in [3.05, 3.63) is 0 Å². The number of carboxylic acids is 1. The van der Waals surface area contributed by atoms with Gasteiger partial charge in [0.15, 0.2) is 5.78 Å². The Labute approximate surface area is 128 Å². The largest absolute Gasteiger partial charge is 1.00 e. The number of carbonyl (C=O) groups excluding carboxylic acids is 2. The summed E-state index contributed by atoms with van der Waals surface area (Å²) < 4.78 is 0. The van der Waals surface area contributed by atoms with Gasteiger partial charge in [-0.15, -0.1) is 0 Å². The molecule has 1 fully saturated rings. The number of carbonyl (C=O) groups is 2. The molecule has 10 nitrogen and oxygen atoms in total. The van der Waals surface area contributed by atoms with E-state index in [1.165, 1.54) is 0 Å². The zero-order valence-electron chi connectivity index (χ0n) is 10.1. The molecule has 0 aliphatic carbocycles. The SMILES string of the molecule is CC(=O)[C@](O)([C@H](O)[C@H](O)CO)C1(C(=O)[O-])OOO1.[Na+]. The molecule has 0 unspecified atom stereocenters. The Morgan fingerprint density at radius 3 is 2.05 bits per heavy atom. The van der Waals surface area contributed by atoms with E-state index in [1.54, 1.807) is 0 Å². The molecule has 1 rings (SSSR count). The number of ketones is 1. The van der Waals surface area contributed by atoms with E-state index in [1.807, 2.05) is 0 Å². The van der Waals surface area contributed by atoms with Crippen molar-refractivity contribution in [2.75, 3.05) is 6.61 Å². The van der Waals surface area contributed by atoms with Gasteiger partial charge in [0.05, 0.1) is 6.61 Å². The molecule has 1 aliphatic heterocycles. The summed E-state index contributed by atoms with van der Waals surface area (Å²) in [4.78, 5) is 30.3. The number of hydrogen-bond donors (Lipinski definition) is 4. The third kappa shape index (κ3) is 2.69. The monoisotopic (exact) mass is 290 g/mol. The maximum absolute atomic E-state index is 11.4. The number of rotatable bonds is 6. The van der Waals surface area contributed by atoms with Crippen LogP contribution in [-0.2, 0) is 24.4 Å². The Morgan fingerprint density at radius 1 is 1.37 bits per heavy atom. The van der Waals surface area contributed by atoms with Crippen LogP contribution in [0.4, 0.5) is 0 Å². The molecular formula is C8H11NaO10. The van der Waals surface area contributed by atoms with Gasteiger partial charge in [-0.25, -0.2) is 0 Å². The summed E-state index contributed by atoms with van der Waals surface area (Å²) >= 11 is 0. The summed E-state index contributed by atoms with van der Waals surface area (Å²) in [6, 6.07) is 0. The van der Waals surface area contributed by atoms with Crippen molar-refractivity contribution in [1.29, 1.82) is 0 Å². The molecule has 0 aromatic carbocycles. The first kappa shape index (κ1) is 18.9. The van der Waals surface area contributed by atoms with Crippen molar-refractivity contribution in [3.8, 4) is 0 Å². The van der Waals surface area contributed by atoms with Gasteiger partial charge in [-0.2, -0.15) is 9.78 Å². The zero-order chi connectivity index (χ0) is 14.1. The minimum atomic E-state index is -3.23. The van der Waals surface area contributed by atoms with Gasteiger partial charge < -0.3 is 30.3 Å². The van der Waals surface area contributed by atoms with Crippen LogP contribution in [0, 0.1) is 0 Å². The van der Waals surface area contributed by atoms with Crippen LogP contribution < -0.4 is 34.7 Å². The smallest absolute Gasteiger partial charge is 0.544 e. The summed E-state index contributed by atoms with van der Waals surface area (Å²) in [5.41, 5.74) is -3.23. The minimum absolute atomic E-state index is 0. The predicted octanol–water partition coefficient (Wildman–Crippen LogP) is -7.64. The topological polar surface area (TPSA) is 166 Å². The molecule has 3 atom stereocenters.